The molecule has 6 amide bonds. The van der Waals surface area contributed by atoms with Gasteiger partial charge in [0, 0.05) is 42.7 Å². The molecule has 24 heteroatoms. The minimum Gasteiger partial charge on any atom is -0.397 e. The number of nitrogens with zero attached hydrogens (tertiary/aromatic N) is 1. The maximum absolute atomic E-state index is 13.2. The monoisotopic (exact) mass is 1150 g/mol. The fourth-order valence-electron chi connectivity index (χ4n) is 9.11. The summed E-state index contributed by atoms with van der Waals surface area (Å²) in [7, 11) is 0. The van der Waals surface area contributed by atoms with Crippen LogP contribution in [0.5, 0.6) is 0 Å². The molecule has 2 spiro atoms. The maximum atomic E-state index is 13.2. The van der Waals surface area contributed by atoms with Gasteiger partial charge in [0.2, 0.25) is 23.6 Å². The van der Waals surface area contributed by atoms with E-state index in [2.05, 4.69) is 42.1 Å². The van der Waals surface area contributed by atoms with E-state index >= 15 is 0 Å². The molecule has 424 valence electrons. The molecule has 6 rings (SSSR count). The van der Waals surface area contributed by atoms with Gasteiger partial charge in [-0.3, -0.25) is 43.3 Å². The number of likely N-dealkylation sites (N-methyl/N-ethyl adjacent to an activating group) is 1. The van der Waals surface area contributed by atoms with Crippen molar-refractivity contribution >= 4 is 106 Å². The first kappa shape index (κ1) is 66.4. The van der Waals surface area contributed by atoms with Gasteiger partial charge in [-0.05, 0) is 64.1 Å². The number of hydrogen-bond donors (Lipinski definition) is 10. The van der Waals surface area contributed by atoms with Crippen molar-refractivity contribution in [3.8, 4) is 0 Å². The van der Waals surface area contributed by atoms with Crippen LogP contribution >= 0.6 is 59.5 Å². The average Bonchev–Trinajstić information content (AvgIpc) is 4.24. The zero-order valence-electron chi connectivity index (χ0n) is 44.3. The highest BCUT2D eigenvalue weighted by Gasteiger charge is 2.50. The molecule has 0 aliphatic carbocycles. The Bertz CT molecular complexity index is 2200. The highest BCUT2D eigenvalue weighted by molar-refractivity contribution is 8.21. The van der Waals surface area contributed by atoms with Crippen molar-refractivity contribution in [1.29, 1.82) is 0 Å². The molecule has 4 aliphatic rings. The Morgan fingerprint density at radius 3 is 1.43 bits per heavy atom. The van der Waals surface area contributed by atoms with Crippen molar-refractivity contribution in [2.75, 3.05) is 62.3 Å². The Morgan fingerprint density at radius 1 is 0.632 bits per heavy atom. The van der Waals surface area contributed by atoms with Gasteiger partial charge in [-0.1, -0.05) is 94.3 Å². The number of Topliss-reactive ketones (excluding diaryl/α,β-unsaturated/α-hetero) is 2. The third-order valence-corrected chi connectivity index (χ3v) is 19.7. The van der Waals surface area contributed by atoms with Crippen LogP contribution in [0.15, 0.2) is 60.7 Å². The van der Waals surface area contributed by atoms with E-state index in [1.165, 1.54) is 13.8 Å². The minimum atomic E-state index is -1.50. The fourth-order valence-corrected chi connectivity index (χ4v) is 15.6. The Morgan fingerprint density at radius 2 is 1.04 bits per heavy atom. The molecule has 2 aromatic carbocycles. The normalized spacial score (nSPS) is 20.3. The molecule has 19 nitrogen and oxygen atoms in total. The first-order valence-electron chi connectivity index (χ1n) is 25.7. The summed E-state index contributed by atoms with van der Waals surface area (Å²) >= 11 is 7.58. The number of likely N-dealkylation sites (tertiary alicyclic amines) is 1. The standard InChI is InChI=1S/C26H38N4O5S2.C24H34N4O5S2.C2H6O.ClH/c1-4-9-19(28-24(34)20-14-26(16-30(20)5-2)36-12-13-37-26)23(33)25(35)27-15-21(32)29-22(17(3)31)18-10-7-6-8-11-18;1-3-7-17(27-22(32)18-12-24(14-26-18)34-10-11-35-24)21(31)23(33)25-13-19(30)28-20(15(2)29)16-8-5-4-6-9-16;1-2-3;/h6-8,10-11,19-20,22-23,33H,4-5,9,12-16H2,1-3H3,(H,27,35)(H,28,34)(H,29,32);4-6,8-9,17-18,20-21,26,31H,3,7,10-14H2,1-2H3,(H,25,33)(H,27,32)(H,28,30);3H,2H2,1H3;1H/t19?,20-,22+,23?;17?,18-,20+,21?;;/m00../s1. The lowest BCUT2D eigenvalue weighted by molar-refractivity contribution is -0.135. The van der Waals surface area contributed by atoms with E-state index in [0.717, 1.165) is 49.1 Å². The number of hydrogen-bond acceptors (Lipinski definition) is 17. The molecule has 4 fully saturated rings. The maximum Gasteiger partial charge on any atom is 0.251 e. The van der Waals surface area contributed by atoms with Crippen molar-refractivity contribution in [1.82, 2.24) is 42.1 Å². The number of halogens is 1. The number of nitrogens with one attached hydrogen (secondary N) is 7. The lowest BCUT2D eigenvalue weighted by Gasteiger charge is -2.27. The molecular weight excluding hydrogens is 1080 g/mol. The second-order valence-corrected chi connectivity index (χ2v) is 25.1. The van der Waals surface area contributed by atoms with E-state index in [-0.39, 0.29) is 62.6 Å². The zero-order valence-corrected chi connectivity index (χ0v) is 48.4. The number of benzene rings is 2. The number of aliphatic hydroxyl groups is 3. The van der Waals surface area contributed by atoms with Gasteiger partial charge in [0.15, 0.2) is 23.8 Å². The minimum absolute atomic E-state index is 0. The van der Waals surface area contributed by atoms with Gasteiger partial charge < -0.3 is 52.5 Å². The third kappa shape index (κ3) is 20.1. The van der Waals surface area contributed by atoms with E-state index in [1.54, 1.807) is 55.5 Å². The van der Waals surface area contributed by atoms with Crippen LogP contribution in [0.3, 0.4) is 0 Å². The number of carbonyl (C=O) groups is 8. The molecule has 4 heterocycles. The molecule has 76 heavy (non-hydrogen) atoms. The number of carbonyl (C=O) groups excluding carboxylic acids is 8. The van der Waals surface area contributed by atoms with Crippen LogP contribution in [0.1, 0.15) is 103 Å². The largest absolute Gasteiger partial charge is 0.397 e. The Labute approximate surface area is 470 Å². The highest BCUT2D eigenvalue weighted by Crippen LogP contribution is 2.52. The van der Waals surface area contributed by atoms with Crippen LogP contribution in [0.2, 0.25) is 0 Å². The summed E-state index contributed by atoms with van der Waals surface area (Å²) in [6.45, 7) is 12.1. The van der Waals surface area contributed by atoms with Crippen LogP contribution in [0, 0.1) is 0 Å². The summed E-state index contributed by atoms with van der Waals surface area (Å²) in [5.41, 5.74) is 1.28. The topological polar surface area (TPSA) is 285 Å². The third-order valence-electron chi connectivity index (χ3n) is 12.9. The summed E-state index contributed by atoms with van der Waals surface area (Å²) in [6.07, 6.45) is 0.571. The summed E-state index contributed by atoms with van der Waals surface area (Å²) in [5.74, 6) is 0.820. The Kier molecular flexibility index (Phi) is 29.3. The predicted molar refractivity (Wildman–Crippen MR) is 305 cm³/mol. The number of rotatable bonds is 23. The van der Waals surface area contributed by atoms with E-state index in [0.29, 0.717) is 43.2 Å². The van der Waals surface area contributed by atoms with E-state index in [9.17, 15) is 48.6 Å². The summed E-state index contributed by atoms with van der Waals surface area (Å²) in [5, 5.41) is 48.0. The van der Waals surface area contributed by atoms with Crippen molar-refractivity contribution < 1.29 is 53.7 Å². The first-order valence-corrected chi connectivity index (χ1v) is 29.7. The van der Waals surface area contributed by atoms with Gasteiger partial charge in [-0.15, -0.1) is 59.5 Å². The lowest BCUT2D eigenvalue weighted by atomic mass is 10.0. The number of thioether (sulfide) groups is 4. The van der Waals surface area contributed by atoms with Crippen LogP contribution in [0.25, 0.3) is 0 Å². The molecule has 4 saturated heterocycles. The van der Waals surface area contributed by atoms with E-state index in [1.807, 2.05) is 80.0 Å². The average molecular weight is 1160 g/mol. The summed E-state index contributed by atoms with van der Waals surface area (Å²) < 4.78 is 0.0716. The number of amides is 6. The Hall–Kier alpha value is -3.91. The van der Waals surface area contributed by atoms with E-state index in [4.69, 9.17) is 5.11 Å². The quantitative estimate of drug-likeness (QED) is 0.0766. The molecule has 4 unspecified atom stereocenters. The zero-order chi connectivity index (χ0) is 55.1. The van der Waals surface area contributed by atoms with Gasteiger partial charge in [-0.2, -0.15) is 0 Å². The molecule has 0 radical (unpaired) electrons. The van der Waals surface area contributed by atoms with Gasteiger partial charge >= 0.3 is 0 Å². The number of aliphatic hydroxyl groups excluding tert-OH is 3. The van der Waals surface area contributed by atoms with Gasteiger partial charge in [-0.25, -0.2) is 0 Å². The molecule has 0 aromatic heterocycles. The highest BCUT2D eigenvalue weighted by atomic mass is 35.5. The van der Waals surface area contributed by atoms with Crippen LogP contribution < -0.4 is 37.2 Å². The van der Waals surface area contributed by atoms with Gasteiger partial charge in [0.05, 0.1) is 45.4 Å². The summed E-state index contributed by atoms with van der Waals surface area (Å²) in [6, 6.07) is 13.8. The van der Waals surface area contributed by atoms with Crippen molar-refractivity contribution in [3.63, 3.8) is 0 Å². The van der Waals surface area contributed by atoms with Crippen molar-refractivity contribution in [3.05, 3.63) is 71.8 Å². The van der Waals surface area contributed by atoms with Crippen molar-refractivity contribution in [2.45, 2.75) is 137 Å². The van der Waals surface area contributed by atoms with Crippen LogP contribution in [-0.2, 0) is 38.4 Å². The molecule has 4 aliphatic heterocycles. The van der Waals surface area contributed by atoms with Crippen LogP contribution in [0.4, 0.5) is 0 Å². The summed E-state index contributed by atoms with van der Waals surface area (Å²) in [4.78, 5) is 102. The molecule has 10 N–H and O–H groups in total. The molecule has 2 aromatic rings. The second-order valence-electron chi connectivity index (χ2n) is 18.6. The predicted octanol–water partition coefficient (Wildman–Crippen LogP) is 2.62. The fraction of sp³-hybridized carbons (Fsp3) is 0.615. The lowest BCUT2D eigenvalue weighted by Crippen LogP contribution is -2.55. The molecule has 0 bridgehead atoms. The SMILES string of the molecule is CCCC(NC(=O)[C@@H]1CC2(CN1)SCCS2)C(O)C(=O)NCC(=O)N[C@H](C(C)=O)c1ccccc1.CCCC(NC(=O)[C@@H]1CC2(CN1CC)SCCS2)C(O)C(=O)NCC(=O)N[C@H](C(C)=O)c1ccccc1.CCO.Cl. The molecule has 0 saturated carbocycles. The Balaban J connectivity index is 0.000000376. The molecule has 8 atom stereocenters. The smallest absolute Gasteiger partial charge is 0.251 e. The first-order chi connectivity index (χ1) is 35.8. The van der Waals surface area contributed by atoms with Crippen LogP contribution in [-0.4, -0.2) is 174 Å². The van der Waals surface area contributed by atoms with E-state index < -0.39 is 73.1 Å². The van der Waals surface area contributed by atoms with Gasteiger partial charge in [0.1, 0.15) is 12.1 Å². The van der Waals surface area contributed by atoms with Gasteiger partial charge in [0.25, 0.3) is 11.8 Å². The second kappa shape index (κ2) is 33.5. The molecular formula is C52H79ClN8O11S4. The van der Waals surface area contributed by atoms with Crippen molar-refractivity contribution in [2.24, 2.45) is 0 Å². The number of ketones is 2.